The standard InChI is InChI=1S/C31H52O/c1-20(2)21(3)9-10-22(4)23-13-15-29(8)25-12-11-24-27(5,6)26(32)14-16-30(24)19-31(25,30)18-17-28(23,29)7/h21-26,32H,1,9-19H2,2-8H3/t21-,22+,23+,24-,25-,26-,28+,29-,30+,31+/m0/s1. The molecule has 5 saturated carbocycles. The van der Waals surface area contributed by atoms with Gasteiger partial charge in [-0.15, -0.1) is 0 Å². The predicted molar refractivity (Wildman–Crippen MR) is 135 cm³/mol. The van der Waals surface area contributed by atoms with Crippen LogP contribution >= 0.6 is 0 Å². The molecule has 0 aromatic rings. The van der Waals surface area contributed by atoms with E-state index in [2.05, 4.69) is 55.0 Å². The van der Waals surface area contributed by atoms with Gasteiger partial charge in [-0.3, -0.25) is 0 Å². The van der Waals surface area contributed by atoms with Gasteiger partial charge in [0, 0.05) is 0 Å². The maximum atomic E-state index is 10.9. The summed E-state index contributed by atoms with van der Waals surface area (Å²) in [4.78, 5) is 0. The lowest BCUT2D eigenvalue weighted by Crippen LogP contribution is -2.57. The molecule has 5 fully saturated rings. The molecule has 2 spiro atoms. The molecule has 5 rings (SSSR count). The Kier molecular flexibility index (Phi) is 5.21. The molecule has 0 aliphatic heterocycles. The smallest absolute Gasteiger partial charge is 0.0594 e. The molecule has 0 aromatic heterocycles. The molecular weight excluding hydrogens is 388 g/mol. The summed E-state index contributed by atoms with van der Waals surface area (Å²) in [5.41, 5.74) is 3.71. The lowest BCUT2D eigenvalue weighted by Gasteiger charge is -2.63. The molecule has 10 atom stereocenters. The van der Waals surface area contributed by atoms with Gasteiger partial charge in [0.25, 0.3) is 0 Å². The van der Waals surface area contributed by atoms with Gasteiger partial charge in [-0.2, -0.15) is 0 Å². The van der Waals surface area contributed by atoms with Gasteiger partial charge in [0.2, 0.25) is 0 Å². The molecule has 1 N–H and O–H groups in total. The molecule has 0 saturated heterocycles. The topological polar surface area (TPSA) is 20.2 Å². The van der Waals surface area contributed by atoms with Crippen molar-refractivity contribution in [3.63, 3.8) is 0 Å². The van der Waals surface area contributed by atoms with Gasteiger partial charge >= 0.3 is 0 Å². The highest BCUT2D eigenvalue weighted by atomic mass is 16.3. The van der Waals surface area contributed by atoms with Crippen molar-refractivity contribution >= 4 is 0 Å². The van der Waals surface area contributed by atoms with Gasteiger partial charge in [-0.1, -0.05) is 53.7 Å². The maximum Gasteiger partial charge on any atom is 0.0594 e. The molecule has 32 heavy (non-hydrogen) atoms. The highest BCUT2D eigenvalue weighted by molar-refractivity contribution is 5.30. The Morgan fingerprint density at radius 3 is 2.19 bits per heavy atom. The summed E-state index contributed by atoms with van der Waals surface area (Å²) < 4.78 is 0. The van der Waals surface area contributed by atoms with E-state index in [0.717, 1.165) is 30.1 Å². The highest BCUT2D eigenvalue weighted by Gasteiger charge is 2.82. The zero-order valence-corrected chi connectivity index (χ0v) is 22.4. The van der Waals surface area contributed by atoms with E-state index in [-0.39, 0.29) is 11.5 Å². The molecular formula is C31H52O. The number of aliphatic hydroxyl groups is 1. The van der Waals surface area contributed by atoms with Gasteiger partial charge in [0.1, 0.15) is 0 Å². The number of rotatable bonds is 5. The fourth-order valence-corrected chi connectivity index (χ4v) is 11.3. The molecule has 0 unspecified atom stereocenters. The van der Waals surface area contributed by atoms with Crippen molar-refractivity contribution in [1.82, 2.24) is 0 Å². The third-order valence-corrected chi connectivity index (χ3v) is 13.7. The van der Waals surface area contributed by atoms with Gasteiger partial charge in [-0.25, -0.2) is 0 Å². The summed E-state index contributed by atoms with van der Waals surface area (Å²) in [6, 6.07) is 0. The molecule has 0 aromatic carbocycles. The van der Waals surface area contributed by atoms with Gasteiger partial charge in [0.15, 0.2) is 0 Å². The largest absolute Gasteiger partial charge is 0.393 e. The Hall–Kier alpha value is -0.300. The quantitative estimate of drug-likeness (QED) is 0.425. The number of allylic oxidation sites excluding steroid dienone is 1. The Morgan fingerprint density at radius 2 is 1.50 bits per heavy atom. The van der Waals surface area contributed by atoms with Crippen molar-refractivity contribution in [2.45, 2.75) is 125 Å². The first kappa shape index (κ1) is 23.4. The first-order chi connectivity index (χ1) is 14.9. The molecule has 0 amide bonds. The molecule has 1 heteroatoms. The molecule has 0 heterocycles. The minimum atomic E-state index is -0.0879. The van der Waals surface area contributed by atoms with Crippen LogP contribution in [0.1, 0.15) is 119 Å². The zero-order valence-electron chi connectivity index (χ0n) is 22.4. The molecule has 0 radical (unpaired) electrons. The monoisotopic (exact) mass is 440 g/mol. The predicted octanol–water partition coefficient (Wildman–Crippen LogP) is 8.41. The average molecular weight is 441 g/mol. The summed E-state index contributed by atoms with van der Waals surface area (Å²) in [6.45, 7) is 21.6. The van der Waals surface area contributed by atoms with Crippen molar-refractivity contribution in [3.05, 3.63) is 12.2 Å². The highest BCUT2D eigenvalue weighted by Crippen LogP contribution is 2.89. The zero-order chi connectivity index (χ0) is 23.3. The van der Waals surface area contributed by atoms with E-state index in [4.69, 9.17) is 0 Å². The van der Waals surface area contributed by atoms with Crippen LogP contribution in [0.15, 0.2) is 12.2 Å². The van der Waals surface area contributed by atoms with Crippen LogP contribution < -0.4 is 0 Å². The lowest BCUT2D eigenvalue weighted by molar-refractivity contribution is -0.161. The molecule has 0 bridgehead atoms. The first-order valence-corrected chi connectivity index (χ1v) is 14.2. The average Bonchev–Trinajstić information content (AvgIpc) is 3.31. The normalized spacial score (nSPS) is 52.8. The number of aliphatic hydroxyl groups excluding tert-OH is 1. The van der Waals surface area contributed by atoms with Crippen molar-refractivity contribution in [2.24, 2.45) is 56.7 Å². The second-order valence-electron chi connectivity index (χ2n) is 14.8. The van der Waals surface area contributed by atoms with Crippen LogP contribution in [0.5, 0.6) is 0 Å². The summed E-state index contributed by atoms with van der Waals surface area (Å²) in [5.74, 6) is 4.09. The molecule has 182 valence electrons. The third-order valence-electron chi connectivity index (χ3n) is 13.7. The van der Waals surface area contributed by atoms with Gasteiger partial charge in [0.05, 0.1) is 6.10 Å². The maximum absolute atomic E-state index is 10.9. The second kappa shape index (κ2) is 7.11. The van der Waals surface area contributed by atoms with Crippen LogP contribution in [0.3, 0.4) is 0 Å². The number of hydrogen-bond acceptors (Lipinski definition) is 1. The van der Waals surface area contributed by atoms with E-state index in [9.17, 15) is 5.11 Å². The Balaban J connectivity index is 1.39. The SMILES string of the molecule is C=C(C)[C@@H](C)CC[C@@H](C)[C@H]1CC[C@@]2(C)[C@@H]3CC[C@H]4C(C)(C)[C@@H](O)CC[C@@]45C[C@]35CC[C@]12C. The van der Waals surface area contributed by atoms with Crippen molar-refractivity contribution < 1.29 is 5.11 Å². The Bertz CT molecular complexity index is 781. The van der Waals surface area contributed by atoms with E-state index >= 15 is 0 Å². The van der Waals surface area contributed by atoms with Crippen LogP contribution in [0.4, 0.5) is 0 Å². The van der Waals surface area contributed by atoms with E-state index in [1.807, 2.05) is 0 Å². The van der Waals surface area contributed by atoms with Gasteiger partial charge in [-0.05, 0) is 134 Å². The minimum absolute atomic E-state index is 0.0879. The first-order valence-electron chi connectivity index (χ1n) is 14.2. The van der Waals surface area contributed by atoms with E-state index in [1.54, 1.807) is 0 Å². The van der Waals surface area contributed by atoms with Crippen LogP contribution in [0.2, 0.25) is 0 Å². The summed E-state index contributed by atoms with van der Waals surface area (Å²) in [6.07, 6.45) is 15.1. The third kappa shape index (κ3) is 2.73. The molecule has 5 aliphatic carbocycles. The van der Waals surface area contributed by atoms with Crippen molar-refractivity contribution in [3.8, 4) is 0 Å². The fourth-order valence-electron chi connectivity index (χ4n) is 11.3. The summed E-state index contributed by atoms with van der Waals surface area (Å²) >= 11 is 0. The lowest BCUT2D eigenvalue weighted by atomic mass is 9.41. The molecule has 1 nitrogen and oxygen atoms in total. The molecule has 5 aliphatic rings. The minimum Gasteiger partial charge on any atom is -0.393 e. The Labute approximate surface area is 199 Å². The van der Waals surface area contributed by atoms with Crippen LogP contribution in [-0.2, 0) is 0 Å². The van der Waals surface area contributed by atoms with E-state index in [0.29, 0.717) is 27.6 Å². The Morgan fingerprint density at radius 1 is 0.844 bits per heavy atom. The number of fused-ring (bicyclic) bond motifs is 2. The van der Waals surface area contributed by atoms with Crippen LogP contribution in [0, 0.1) is 56.7 Å². The number of hydrogen-bond donors (Lipinski definition) is 1. The van der Waals surface area contributed by atoms with Crippen LogP contribution in [0.25, 0.3) is 0 Å². The van der Waals surface area contributed by atoms with Crippen LogP contribution in [-0.4, -0.2) is 11.2 Å². The second-order valence-corrected chi connectivity index (χ2v) is 14.8. The summed E-state index contributed by atoms with van der Waals surface area (Å²) in [7, 11) is 0. The van der Waals surface area contributed by atoms with Crippen molar-refractivity contribution in [1.29, 1.82) is 0 Å². The van der Waals surface area contributed by atoms with E-state index in [1.165, 1.54) is 69.8 Å². The fraction of sp³-hybridized carbons (Fsp3) is 0.935. The van der Waals surface area contributed by atoms with Gasteiger partial charge < -0.3 is 5.11 Å². The van der Waals surface area contributed by atoms with Crippen molar-refractivity contribution in [2.75, 3.05) is 0 Å². The summed E-state index contributed by atoms with van der Waals surface area (Å²) in [5, 5.41) is 10.9. The van der Waals surface area contributed by atoms with E-state index < -0.39 is 0 Å².